The Hall–Kier alpha value is -4.26. The van der Waals surface area contributed by atoms with Crippen molar-refractivity contribution >= 4 is 11.7 Å². The molecule has 1 saturated carbocycles. The number of nitrogens with zero attached hydrogens (tertiary/aromatic N) is 1. The summed E-state index contributed by atoms with van der Waals surface area (Å²) >= 11 is 0. The Labute approximate surface area is 218 Å². The molecular weight excluding hydrogens is 489 g/mol. The molecule has 4 nitrogen and oxygen atoms in total. The fourth-order valence-electron chi connectivity index (χ4n) is 5.18. The predicted octanol–water partition coefficient (Wildman–Crippen LogP) is 6.28. The van der Waals surface area contributed by atoms with Gasteiger partial charge in [0.2, 0.25) is 0 Å². The average Bonchev–Trinajstić information content (AvgIpc) is 3.71. The van der Waals surface area contributed by atoms with Crippen molar-refractivity contribution in [3.05, 3.63) is 125 Å². The number of primary amides is 1. The zero-order valence-corrected chi connectivity index (χ0v) is 20.5. The molecule has 1 atom stereocenters. The molecule has 2 N–H and O–H groups in total. The molecule has 4 aromatic rings. The third kappa shape index (κ3) is 5.09. The molecule has 0 aliphatic heterocycles. The van der Waals surface area contributed by atoms with Crippen LogP contribution in [0.3, 0.4) is 0 Å². The molecule has 0 radical (unpaired) electrons. The van der Waals surface area contributed by atoms with E-state index >= 15 is 0 Å². The number of rotatable bonds is 9. The maximum atomic E-state index is 14.2. The molecule has 1 aliphatic carbocycles. The van der Waals surface area contributed by atoms with Crippen molar-refractivity contribution in [1.29, 1.82) is 0 Å². The van der Waals surface area contributed by atoms with Crippen LogP contribution in [0.5, 0.6) is 0 Å². The lowest BCUT2D eigenvalue weighted by atomic mass is 9.81. The molecule has 1 amide bonds. The zero-order chi connectivity index (χ0) is 26.9. The SMILES string of the molecule is NC(=O)c1cc(-c2cccnc2[C@@H](CC(=O)C2(c3ccccc3)CC2)Cc2cc(F)cc(F)c2)ccc1F. The van der Waals surface area contributed by atoms with E-state index in [0.717, 1.165) is 30.5 Å². The minimum absolute atomic E-state index is 0.0270. The van der Waals surface area contributed by atoms with Crippen molar-refractivity contribution in [3.8, 4) is 11.1 Å². The number of ketones is 1. The lowest BCUT2D eigenvalue weighted by molar-refractivity contribution is -0.121. The van der Waals surface area contributed by atoms with Crippen molar-refractivity contribution in [2.24, 2.45) is 5.73 Å². The van der Waals surface area contributed by atoms with E-state index in [9.17, 15) is 22.8 Å². The first-order chi connectivity index (χ1) is 18.3. The summed E-state index contributed by atoms with van der Waals surface area (Å²) in [7, 11) is 0. The molecule has 1 heterocycles. The number of halogens is 3. The summed E-state index contributed by atoms with van der Waals surface area (Å²) in [5, 5.41) is 0. The van der Waals surface area contributed by atoms with Gasteiger partial charge in [-0.3, -0.25) is 14.6 Å². The van der Waals surface area contributed by atoms with Crippen molar-refractivity contribution in [2.45, 2.75) is 37.0 Å². The standard InChI is InChI=1S/C31H25F3N2O2/c32-23-14-19(15-24(33)18-23)13-21(17-28(37)31(10-11-31)22-5-2-1-3-6-22)29-25(7-4-12-36-29)20-8-9-27(34)26(16-20)30(35)38/h1-9,12,14-16,18,21H,10-11,13,17H2,(H2,35,38)/t21-/m1/s1. The minimum Gasteiger partial charge on any atom is -0.366 e. The largest absolute Gasteiger partial charge is 0.366 e. The van der Waals surface area contributed by atoms with Gasteiger partial charge in [-0.2, -0.15) is 0 Å². The van der Waals surface area contributed by atoms with Gasteiger partial charge in [-0.05, 0) is 66.3 Å². The molecule has 3 aromatic carbocycles. The summed E-state index contributed by atoms with van der Waals surface area (Å²) < 4.78 is 42.3. The van der Waals surface area contributed by atoms with E-state index in [-0.39, 0.29) is 24.2 Å². The Bertz CT molecular complexity index is 1500. The Balaban J connectivity index is 1.57. The highest BCUT2D eigenvalue weighted by atomic mass is 19.1. The van der Waals surface area contributed by atoms with Crippen LogP contribution in [-0.4, -0.2) is 16.7 Å². The molecule has 38 heavy (non-hydrogen) atoms. The minimum atomic E-state index is -0.907. The van der Waals surface area contributed by atoms with Gasteiger partial charge in [-0.25, -0.2) is 13.2 Å². The van der Waals surface area contributed by atoms with Crippen LogP contribution in [0.1, 0.15) is 52.4 Å². The van der Waals surface area contributed by atoms with Gasteiger partial charge in [0, 0.05) is 30.2 Å². The van der Waals surface area contributed by atoms with Gasteiger partial charge in [0.15, 0.2) is 0 Å². The molecule has 0 bridgehead atoms. The summed E-state index contributed by atoms with van der Waals surface area (Å²) in [6.07, 6.45) is 3.27. The highest BCUT2D eigenvalue weighted by Gasteiger charge is 2.50. The molecular formula is C31H25F3N2O2. The number of hydrogen-bond acceptors (Lipinski definition) is 3. The zero-order valence-electron chi connectivity index (χ0n) is 20.5. The first kappa shape index (κ1) is 25.4. The second-order valence-electron chi connectivity index (χ2n) is 9.75. The van der Waals surface area contributed by atoms with Crippen molar-refractivity contribution in [2.75, 3.05) is 0 Å². The van der Waals surface area contributed by atoms with Crippen LogP contribution in [0.15, 0.2) is 85.1 Å². The van der Waals surface area contributed by atoms with E-state index in [1.54, 1.807) is 18.3 Å². The lowest BCUT2D eigenvalue weighted by Crippen LogP contribution is -2.24. The first-order valence-corrected chi connectivity index (χ1v) is 12.4. The van der Waals surface area contributed by atoms with Crippen LogP contribution < -0.4 is 5.73 Å². The van der Waals surface area contributed by atoms with Crippen LogP contribution in [0.25, 0.3) is 11.1 Å². The van der Waals surface area contributed by atoms with Crippen molar-refractivity contribution in [1.82, 2.24) is 4.98 Å². The first-order valence-electron chi connectivity index (χ1n) is 12.4. The number of Topliss-reactive ketones (excluding diaryl/α,β-unsaturated/α-hetero) is 1. The Morgan fingerprint density at radius 2 is 1.61 bits per heavy atom. The number of hydrogen-bond donors (Lipinski definition) is 1. The number of carbonyl (C=O) groups excluding carboxylic acids is 2. The van der Waals surface area contributed by atoms with Crippen LogP contribution in [0.4, 0.5) is 13.2 Å². The predicted molar refractivity (Wildman–Crippen MR) is 138 cm³/mol. The molecule has 1 fully saturated rings. The highest BCUT2D eigenvalue weighted by Crippen LogP contribution is 2.51. The van der Waals surface area contributed by atoms with Gasteiger partial charge in [-0.15, -0.1) is 0 Å². The number of carbonyl (C=O) groups is 2. The third-order valence-corrected chi connectivity index (χ3v) is 7.21. The molecule has 192 valence electrons. The molecule has 7 heteroatoms. The van der Waals surface area contributed by atoms with E-state index < -0.39 is 34.7 Å². The van der Waals surface area contributed by atoms with Crippen molar-refractivity contribution < 1.29 is 22.8 Å². The highest BCUT2D eigenvalue weighted by molar-refractivity contribution is 5.95. The van der Waals surface area contributed by atoms with Crippen LogP contribution in [0, 0.1) is 17.5 Å². The van der Waals surface area contributed by atoms with Gasteiger partial charge >= 0.3 is 0 Å². The Morgan fingerprint density at radius 1 is 0.895 bits per heavy atom. The lowest BCUT2D eigenvalue weighted by Gasteiger charge is -2.23. The third-order valence-electron chi connectivity index (χ3n) is 7.21. The van der Waals surface area contributed by atoms with Crippen LogP contribution in [0.2, 0.25) is 0 Å². The summed E-state index contributed by atoms with van der Waals surface area (Å²) in [5.74, 6) is -3.58. The Morgan fingerprint density at radius 3 is 2.26 bits per heavy atom. The number of nitrogens with two attached hydrogens (primary N) is 1. The summed E-state index contributed by atoms with van der Waals surface area (Å²) in [5.41, 5.74) is 7.43. The van der Waals surface area contributed by atoms with E-state index in [1.165, 1.54) is 24.3 Å². The van der Waals surface area contributed by atoms with Crippen LogP contribution in [-0.2, 0) is 16.6 Å². The van der Waals surface area contributed by atoms with Crippen molar-refractivity contribution in [3.63, 3.8) is 0 Å². The van der Waals surface area contributed by atoms with Crippen LogP contribution >= 0.6 is 0 Å². The summed E-state index contributed by atoms with van der Waals surface area (Å²) in [6, 6.07) is 20.3. The van der Waals surface area contributed by atoms with Gasteiger partial charge in [0.1, 0.15) is 23.2 Å². The van der Waals surface area contributed by atoms with Gasteiger partial charge in [-0.1, -0.05) is 42.5 Å². The number of benzene rings is 3. The Kier molecular flexibility index (Phi) is 6.85. The number of amides is 1. The molecule has 1 aliphatic rings. The molecule has 0 unspecified atom stereocenters. The van der Waals surface area contributed by atoms with Gasteiger partial charge in [0.05, 0.1) is 16.7 Å². The quantitative estimate of drug-likeness (QED) is 0.286. The van der Waals surface area contributed by atoms with E-state index in [0.29, 0.717) is 22.4 Å². The van der Waals surface area contributed by atoms with Gasteiger partial charge in [0.25, 0.3) is 5.91 Å². The molecule has 1 aromatic heterocycles. The summed E-state index contributed by atoms with van der Waals surface area (Å²) in [6.45, 7) is 0. The average molecular weight is 515 g/mol. The van der Waals surface area contributed by atoms with E-state index in [2.05, 4.69) is 4.98 Å². The second kappa shape index (κ2) is 10.2. The molecule has 5 rings (SSSR count). The fraction of sp³-hybridized carbons (Fsp3) is 0.194. The monoisotopic (exact) mass is 514 g/mol. The topological polar surface area (TPSA) is 73.1 Å². The number of aromatic nitrogens is 1. The molecule has 0 saturated heterocycles. The normalized spacial score (nSPS) is 14.6. The van der Waals surface area contributed by atoms with E-state index in [4.69, 9.17) is 5.73 Å². The molecule has 0 spiro atoms. The van der Waals surface area contributed by atoms with Gasteiger partial charge < -0.3 is 5.73 Å². The smallest absolute Gasteiger partial charge is 0.251 e. The maximum absolute atomic E-state index is 14.2. The fourth-order valence-corrected chi connectivity index (χ4v) is 5.18. The number of pyridine rings is 1. The second-order valence-corrected chi connectivity index (χ2v) is 9.75. The maximum Gasteiger partial charge on any atom is 0.251 e. The summed E-state index contributed by atoms with van der Waals surface area (Å²) in [4.78, 5) is 30.1. The van der Waals surface area contributed by atoms with E-state index in [1.807, 2.05) is 30.3 Å².